The van der Waals surface area contributed by atoms with Crippen molar-refractivity contribution in [2.24, 2.45) is 17.6 Å². The first-order chi connectivity index (χ1) is 20.9. The van der Waals surface area contributed by atoms with Crippen LogP contribution in [0.15, 0.2) is 88.8 Å². The second-order valence-corrected chi connectivity index (χ2v) is 11.4. The summed E-state index contributed by atoms with van der Waals surface area (Å²) in [5, 5.41) is 16.8. The lowest BCUT2D eigenvalue weighted by Gasteiger charge is -2.26. The van der Waals surface area contributed by atoms with Crippen molar-refractivity contribution in [2.75, 3.05) is 7.11 Å². The number of ether oxygens (including phenoxy) is 2. The van der Waals surface area contributed by atoms with Gasteiger partial charge in [0.05, 0.1) is 17.5 Å². The largest absolute Gasteiger partial charge is 0.439 e. The van der Waals surface area contributed by atoms with Gasteiger partial charge in [-0.3, -0.25) is 14.4 Å². The first kappa shape index (κ1) is 34.2. The third kappa shape index (κ3) is 9.36. The Balaban J connectivity index is 1.99. The number of primary amides is 1. The van der Waals surface area contributed by atoms with Crippen LogP contribution in [0.3, 0.4) is 0 Å². The Morgan fingerprint density at radius 3 is 2.48 bits per heavy atom. The first-order valence-electron chi connectivity index (χ1n) is 14.7. The molecule has 236 valence electrons. The molecule has 5 atom stereocenters. The van der Waals surface area contributed by atoms with Crippen molar-refractivity contribution in [3.8, 4) is 0 Å². The van der Waals surface area contributed by atoms with Crippen LogP contribution >= 0.6 is 0 Å². The first-order valence-corrected chi connectivity index (χ1v) is 14.7. The molecule has 0 radical (unpaired) electrons. The van der Waals surface area contributed by atoms with Crippen LogP contribution in [0.25, 0.3) is 0 Å². The summed E-state index contributed by atoms with van der Waals surface area (Å²) in [5.74, 6) is -1.76. The lowest BCUT2D eigenvalue weighted by atomic mass is 9.86. The van der Waals surface area contributed by atoms with Crippen LogP contribution in [0.5, 0.6) is 0 Å². The van der Waals surface area contributed by atoms with Crippen molar-refractivity contribution in [3.05, 3.63) is 94.4 Å². The maximum Gasteiger partial charge on any atom is 0.405 e. The van der Waals surface area contributed by atoms with Gasteiger partial charge in [-0.05, 0) is 50.2 Å². The molecular formula is C34H43N3O7. The van der Waals surface area contributed by atoms with Gasteiger partial charge in [0.25, 0.3) is 5.91 Å². The van der Waals surface area contributed by atoms with Gasteiger partial charge in [-0.15, -0.1) is 0 Å². The molecule has 0 spiro atoms. The Kier molecular flexibility index (Phi) is 12.4. The summed E-state index contributed by atoms with van der Waals surface area (Å²) in [4.78, 5) is 51.7. The van der Waals surface area contributed by atoms with Gasteiger partial charge in [0, 0.05) is 36.8 Å². The van der Waals surface area contributed by atoms with Crippen molar-refractivity contribution < 1.29 is 33.8 Å². The number of aliphatic hydroxyl groups is 1. The van der Waals surface area contributed by atoms with E-state index in [0.29, 0.717) is 30.5 Å². The van der Waals surface area contributed by atoms with Gasteiger partial charge < -0.3 is 30.9 Å². The van der Waals surface area contributed by atoms with Gasteiger partial charge in [0.1, 0.15) is 6.10 Å². The fourth-order valence-electron chi connectivity index (χ4n) is 5.20. The summed E-state index contributed by atoms with van der Waals surface area (Å²) in [6.07, 6.45) is 5.61. The predicted molar refractivity (Wildman–Crippen MR) is 167 cm³/mol. The molecule has 44 heavy (non-hydrogen) atoms. The van der Waals surface area contributed by atoms with Crippen LogP contribution in [0.4, 0.5) is 4.79 Å². The Hall–Kier alpha value is -4.28. The third-order valence-corrected chi connectivity index (χ3v) is 7.81. The number of rotatable bonds is 5. The van der Waals surface area contributed by atoms with Crippen molar-refractivity contribution in [1.29, 1.82) is 0 Å². The minimum atomic E-state index is -0.977. The summed E-state index contributed by atoms with van der Waals surface area (Å²) in [6, 6.07) is 9.52. The van der Waals surface area contributed by atoms with Gasteiger partial charge in [0.2, 0.25) is 11.6 Å². The van der Waals surface area contributed by atoms with Crippen molar-refractivity contribution in [3.63, 3.8) is 0 Å². The second-order valence-electron chi connectivity index (χ2n) is 11.4. The number of fused-ring (bicyclic) bond motifs is 2. The number of benzene rings is 1. The number of carbonyl (C=O) groups excluding carboxylic acids is 4. The summed E-state index contributed by atoms with van der Waals surface area (Å²) in [6.45, 7) is 7.50. The van der Waals surface area contributed by atoms with E-state index in [1.54, 1.807) is 26.0 Å². The second kappa shape index (κ2) is 16.0. The number of hydrogen-bond acceptors (Lipinski definition) is 8. The molecule has 0 aromatic heterocycles. The zero-order valence-corrected chi connectivity index (χ0v) is 26.0. The minimum absolute atomic E-state index is 0.0750. The van der Waals surface area contributed by atoms with Crippen LogP contribution in [-0.2, 0) is 30.4 Å². The topological polar surface area (TPSA) is 157 Å². The summed E-state index contributed by atoms with van der Waals surface area (Å²) in [5.41, 5.74) is 7.60. The van der Waals surface area contributed by atoms with Gasteiger partial charge in [-0.2, -0.15) is 0 Å². The molecule has 1 aromatic carbocycles. The van der Waals surface area contributed by atoms with E-state index in [1.165, 1.54) is 13.2 Å². The molecule has 2 bridgehead atoms. The number of carbonyl (C=O) groups is 4. The fourth-order valence-corrected chi connectivity index (χ4v) is 5.20. The van der Waals surface area contributed by atoms with Crippen molar-refractivity contribution >= 4 is 23.6 Å². The Morgan fingerprint density at radius 2 is 1.82 bits per heavy atom. The smallest absolute Gasteiger partial charge is 0.405 e. The van der Waals surface area contributed by atoms with Crippen LogP contribution in [-0.4, -0.2) is 54.1 Å². The SMILES string of the molecule is CO[C@H]1/C=C\C=C(/C)C(=O)NC2=CC(=O)C(NCc3ccccc3)=C(C[C@@H](C)CC[C@H](O)[C@@H](C)/C=C(\C)[C@@H]1OC(N)=O)C2=O. The molecular weight excluding hydrogens is 562 g/mol. The molecule has 10 heteroatoms. The zero-order chi connectivity index (χ0) is 32.4. The summed E-state index contributed by atoms with van der Waals surface area (Å²) >= 11 is 0. The number of nitrogens with one attached hydrogen (secondary N) is 2. The highest BCUT2D eigenvalue weighted by atomic mass is 16.6. The number of aliphatic hydroxyl groups excluding tert-OH is 1. The van der Waals surface area contributed by atoms with Crippen molar-refractivity contribution in [1.82, 2.24) is 10.6 Å². The fraction of sp³-hybridized carbons (Fsp3) is 0.412. The molecule has 1 aromatic rings. The maximum absolute atomic E-state index is 13.7. The molecule has 0 fully saturated rings. The van der Waals surface area contributed by atoms with Crippen LogP contribution in [0, 0.1) is 11.8 Å². The average molecular weight is 606 g/mol. The Labute approximate surface area is 258 Å². The van der Waals surface area contributed by atoms with E-state index >= 15 is 0 Å². The molecule has 2 amide bonds. The quantitative estimate of drug-likeness (QED) is 0.291. The number of hydrogen-bond donors (Lipinski definition) is 4. The standard InChI is InChI=1S/C34H43N3O7/c1-20-14-15-27(38)22(3)17-23(4)32(44-34(35)42)29(43-5)13-9-10-21(2)33(41)37-26-18-28(39)30(25(16-20)31(26)40)36-19-24-11-7-6-8-12-24/h6-13,17-18,20,22,27,29,32,36,38H,14-16,19H2,1-5H3,(H2,35,42)(H,37,41)/b13-9-,21-10+,23-17+/t20-,22-,27-,29-,32-/m0/s1. The number of amides is 2. The molecule has 5 N–H and O–H groups in total. The maximum atomic E-state index is 13.7. The Bertz CT molecular complexity index is 1390. The van der Waals surface area contributed by atoms with E-state index in [9.17, 15) is 24.3 Å². The molecule has 1 heterocycles. The lowest BCUT2D eigenvalue weighted by Crippen LogP contribution is -2.36. The number of methoxy groups -OCH3 is 1. The molecule has 3 rings (SSSR count). The van der Waals surface area contributed by atoms with Crippen LogP contribution in [0.2, 0.25) is 0 Å². The van der Waals surface area contributed by atoms with Gasteiger partial charge in [0.15, 0.2) is 6.10 Å². The average Bonchev–Trinajstić information content (AvgIpc) is 2.98. The van der Waals surface area contributed by atoms with Gasteiger partial charge in [-0.1, -0.05) is 68.5 Å². The third-order valence-electron chi connectivity index (χ3n) is 7.81. The zero-order valence-electron chi connectivity index (χ0n) is 26.0. The van der Waals surface area contributed by atoms with E-state index < -0.39 is 41.9 Å². The van der Waals surface area contributed by atoms with Gasteiger partial charge >= 0.3 is 6.09 Å². The molecule has 1 aliphatic heterocycles. The molecule has 0 saturated heterocycles. The predicted octanol–water partition coefficient (Wildman–Crippen LogP) is 3.93. The Morgan fingerprint density at radius 1 is 1.11 bits per heavy atom. The number of ketones is 2. The van der Waals surface area contributed by atoms with E-state index in [-0.39, 0.29) is 35.2 Å². The van der Waals surface area contributed by atoms with Crippen molar-refractivity contribution in [2.45, 2.75) is 71.8 Å². The van der Waals surface area contributed by atoms with Gasteiger partial charge in [-0.25, -0.2) is 4.79 Å². The van der Waals surface area contributed by atoms with E-state index in [2.05, 4.69) is 10.6 Å². The number of nitrogens with two attached hydrogens (primary N) is 1. The monoisotopic (exact) mass is 605 g/mol. The number of allylic oxidation sites excluding steroid dienone is 4. The summed E-state index contributed by atoms with van der Waals surface area (Å²) in [7, 11) is 1.45. The number of Topliss-reactive ketones (excluding diaryl/α,β-unsaturated/α-hetero) is 1. The van der Waals surface area contributed by atoms with Crippen LogP contribution < -0.4 is 16.4 Å². The minimum Gasteiger partial charge on any atom is -0.439 e. The highest BCUT2D eigenvalue weighted by Crippen LogP contribution is 2.28. The van der Waals surface area contributed by atoms with Crippen LogP contribution in [0.1, 0.15) is 52.5 Å². The summed E-state index contributed by atoms with van der Waals surface area (Å²) < 4.78 is 10.9. The van der Waals surface area contributed by atoms with E-state index in [0.717, 1.165) is 11.6 Å². The molecule has 0 unspecified atom stereocenters. The molecule has 1 aliphatic carbocycles. The molecule has 10 nitrogen and oxygen atoms in total. The normalized spacial score (nSPS) is 29.0. The lowest BCUT2D eigenvalue weighted by molar-refractivity contribution is -0.120. The highest BCUT2D eigenvalue weighted by molar-refractivity contribution is 6.23. The molecule has 0 saturated carbocycles. The highest BCUT2D eigenvalue weighted by Gasteiger charge is 2.31. The van der Waals surface area contributed by atoms with E-state index in [1.807, 2.05) is 50.3 Å². The molecule has 2 aliphatic rings. The van der Waals surface area contributed by atoms with E-state index in [4.69, 9.17) is 15.2 Å².